The van der Waals surface area contributed by atoms with Crippen LogP contribution in [-0.2, 0) is 4.74 Å². The van der Waals surface area contributed by atoms with Crippen LogP contribution >= 0.6 is 0 Å². The van der Waals surface area contributed by atoms with Crippen molar-refractivity contribution in [1.82, 2.24) is 4.90 Å². The summed E-state index contributed by atoms with van der Waals surface area (Å²) in [5, 5.41) is 10.6. The molecule has 0 N–H and O–H groups in total. The van der Waals surface area contributed by atoms with Crippen molar-refractivity contribution in [2.24, 2.45) is 4.99 Å². The third kappa shape index (κ3) is 3.33. The summed E-state index contributed by atoms with van der Waals surface area (Å²) in [5.41, 5.74) is 0.865. The smallest absolute Gasteiger partial charge is 0.269 e. The van der Waals surface area contributed by atoms with Gasteiger partial charge in [-0.3, -0.25) is 10.1 Å². The normalized spacial score (nSPS) is 17.9. The minimum absolute atomic E-state index is 0.0760. The zero-order valence-corrected chi connectivity index (χ0v) is 11.8. The first kappa shape index (κ1) is 14.5. The van der Waals surface area contributed by atoms with Gasteiger partial charge in [-0.25, -0.2) is 4.99 Å². The van der Waals surface area contributed by atoms with E-state index in [2.05, 4.69) is 23.7 Å². The number of hydrogen-bond donors (Lipinski definition) is 0. The maximum Gasteiger partial charge on any atom is 0.269 e. The summed E-state index contributed by atoms with van der Waals surface area (Å²) < 4.78 is 5.60. The molecular weight excluding hydrogens is 258 g/mol. The van der Waals surface area contributed by atoms with Crippen LogP contribution in [0, 0.1) is 10.1 Å². The Kier molecular flexibility index (Phi) is 4.68. The van der Waals surface area contributed by atoms with E-state index in [1.165, 1.54) is 12.1 Å². The van der Waals surface area contributed by atoms with Crippen molar-refractivity contribution in [2.75, 3.05) is 26.2 Å². The molecule has 0 unspecified atom stereocenters. The van der Waals surface area contributed by atoms with Gasteiger partial charge in [0.15, 0.2) is 0 Å². The van der Waals surface area contributed by atoms with E-state index in [9.17, 15) is 10.1 Å². The van der Waals surface area contributed by atoms with Gasteiger partial charge < -0.3 is 9.64 Å². The second-order valence-electron chi connectivity index (χ2n) is 4.69. The molecule has 108 valence electrons. The highest BCUT2D eigenvalue weighted by atomic mass is 16.6. The molecule has 1 atom stereocenters. The number of ether oxygens (including phenoxy) is 1. The fourth-order valence-electron chi connectivity index (χ4n) is 2.17. The molecule has 6 nitrogen and oxygen atoms in total. The summed E-state index contributed by atoms with van der Waals surface area (Å²) in [6, 6.07) is 6.44. The Balaban J connectivity index is 2.04. The first-order valence-electron chi connectivity index (χ1n) is 6.81. The van der Waals surface area contributed by atoms with Crippen LogP contribution in [0.25, 0.3) is 0 Å². The molecule has 1 aliphatic heterocycles. The van der Waals surface area contributed by atoms with Gasteiger partial charge in [-0.2, -0.15) is 0 Å². The van der Waals surface area contributed by atoms with Gasteiger partial charge in [0.05, 0.1) is 4.92 Å². The number of nitrogens with zero attached hydrogens (tertiary/aromatic N) is 3. The molecule has 0 bridgehead atoms. The molecule has 1 aliphatic rings. The summed E-state index contributed by atoms with van der Waals surface area (Å²) in [6.07, 6.45) is 0. The second-order valence-corrected chi connectivity index (χ2v) is 4.69. The number of benzene rings is 1. The summed E-state index contributed by atoms with van der Waals surface area (Å²) in [6.45, 7) is 7.69. The molecule has 0 aromatic heterocycles. The number of hydrogen-bond acceptors (Lipinski definition) is 5. The number of non-ortho nitro benzene ring substituents is 1. The fraction of sp³-hybridized carbons (Fsp3) is 0.500. The number of likely N-dealkylation sites (N-methyl/N-ethyl adjacent to an activating group) is 1. The Morgan fingerprint density at radius 3 is 2.55 bits per heavy atom. The molecule has 6 heteroatoms. The van der Waals surface area contributed by atoms with Gasteiger partial charge in [0.2, 0.25) is 5.90 Å². The van der Waals surface area contributed by atoms with Gasteiger partial charge in [0.25, 0.3) is 5.69 Å². The quantitative estimate of drug-likeness (QED) is 0.589. The molecule has 0 radical (unpaired) electrons. The highest BCUT2D eigenvalue weighted by molar-refractivity contribution is 5.95. The van der Waals surface area contributed by atoms with Gasteiger partial charge in [0.1, 0.15) is 12.6 Å². The van der Waals surface area contributed by atoms with E-state index in [-0.39, 0.29) is 11.7 Å². The van der Waals surface area contributed by atoms with Crippen LogP contribution in [0.2, 0.25) is 0 Å². The first-order chi connectivity index (χ1) is 9.63. The van der Waals surface area contributed by atoms with Crippen molar-refractivity contribution >= 4 is 11.6 Å². The Hall–Kier alpha value is -1.95. The van der Waals surface area contributed by atoms with Crippen LogP contribution in [0.5, 0.6) is 0 Å². The second kappa shape index (κ2) is 6.47. The van der Waals surface area contributed by atoms with Gasteiger partial charge in [0, 0.05) is 24.2 Å². The lowest BCUT2D eigenvalue weighted by Gasteiger charge is -2.19. The lowest BCUT2D eigenvalue weighted by atomic mass is 10.2. The summed E-state index contributed by atoms with van der Waals surface area (Å²) >= 11 is 0. The van der Waals surface area contributed by atoms with Crippen LogP contribution in [0.15, 0.2) is 29.3 Å². The standard InChI is InChI=1S/C14H19N3O3/c1-3-16(4-2)9-12-10-20-14(15-12)11-5-7-13(8-6-11)17(18)19/h5-8,12H,3-4,9-10H2,1-2H3/t12-/m1/s1. The number of nitro benzene ring substituents is 1. The van der Waals surface area contributed by atoms with Gasteiger partial charge in [-0.15, -0.1) is 0 Å². The van der Waals surface area contributed by atoms with Gasteiger partial charge >= 0.3 is 0 Å². The summed E-state index contributed by atoms with van der Waals surface area (Å²) in [4.78, 5) is 17.1. The maximum atomic E-state index is 10.6. The Bertz CT molecular complexity index is 495. The molecule has 1 heterocycles. The number of aliphatic imine (C=N–C) groups is 1. The van der Waals surface area contributed by atoms with Crippen LogP contribution in [0.3, 0.4) is 0 Å². The minimum Gasteiger partial charge on any atom is -0.475 e. The third-order valence-corrected chi connectivity index (χ3v) is 3.40. The van der Waals surface area contributed by atoms with Crippen LogP contribution in [0.4, 0.5) is 5.69 Å². The van der Waals surface area contributed by atoms with E-state index in [0.717, 1.165) is 25.2 Å². The molecule has 0 aliphatic carbocycles. The van der Waals surface area contributed by atoms with Crippen molar-refractivity contribution in [2.45, 2.75) is 19.9 Å². The van der Waals surface area contributed by atoms with Crippen molar-refractivity contribution in [3.05, 3.63) is 39.9 Å². The zero-order valence-electron chi connectivity index (χ0n) is 11.8. The molecule has 0 fully saturated rings. The average Bonchev–Trinajstić information content (AvgIpc) is 2.93. The largest absolute Gasteiger partial charge is 0.475 e. The topological polar surface area (TPSA) is 68.0 Å². The molecule has 1 aromatic carbocycles. The highest BCUT2D eigenvalue weighted by Crippen LogP contribution is 2.17. The SMILES string of the molecule is CCN(CC)C[C@@H]1COC(c2ccc([N+](=O)[O-])cc2)=N1. The van der Waals surface area contributed by atoms with Crippen LogP contribution in [0.1, 0.15) is 19.4 Å². The lowest BCUT2D eigenvalue weighted by molar-refractivity contribution is -0.384. The van der Waals surface area contributed by atoms with Crippen molar-refractivity contribution in [3.8, 4) is 0 Å². The molecule has 0 saturated carbocycles. The monoisotopic (exact) mass is 277 g/mol. The molecule has 1 aromatic rings. The van der Waals surface area contributed by atoms with Gasteiger partial charge in [-0.05, 0) is 25.2 Å². The van der Waals surface area contributed by atoms with E-state index >= 15 is 0 Å². The summed E-state index contributed by atoms with van der Waals surface area (Å²) in [5.74, 6) is 0.581. The number of rotatable bonds is 6. The lowest BCUT2D eigenvalue weighted by Crippen LogP contribution is -2.31. The van der Waals surface area contributed by atoms with Crippen molar-refractivity contribution in [3.63, 3.8) is 0 Å². The highest BCUT2D eigenvalue weighted by Gasteiger charge is 2.22. The first-order valence-corrected chi connectivity index (χ1v) is 6.81. The third-order valence-electron chi connectivity index (χ3n) is 3.40. The number of nitro groups is 1. The average molecular weight is 277 g/mol. The van der Waals surface area contributed by atoms with E-state index in [1.54, 1.807) is 12.1 Å². The molecular formula is C14H19N3O3. The molecule has 0 amide bonds. The van der Waals surface area contributed by atoms with E-state index in [1.807, 2.05) is 0 Å². The Labute approximate surface area is 118 Å². The summed E-state index contributed by atoms with van der Waals surface area (Å²) in [7, 11) is 0. The molecule has 0 spiro atoms. The molecule has 2 rings (SSSR count). The van der Waals surface area contributed by atoms with Crippen LogP contribution < -0.4 is 0 Å². The van der Waals surface area contributed by atoms with Crippen molar-refractivity contribution in [1.29, 1.82) is 0 Å². The predicted octanol–water partition coefficient (Wildman–Crippen LogP) is 2.08. The van der Waals surface area contributed by atoms with Crippen molar-refractivity contribution < 1.29 is 9.66 Å². The predicted molar refractivity (Wildman–Crippen MR) is 77.2 cm³/mol. The van der Waals surface area contributed by atoms with E-state index < -0.39 is 4.92 Å². The van der Waals surface area contributed by atoms with E-state index in [4.69, 9.17) is 4.74 Å². The zero-order chi connectivity index (χ0) is 14.5. The Morgan fingerprint density at radius 2 is 2.00 bits per heavy atom. The van der Waals surface area contributed by atoms with Crippen LogP contribution in [-0.4, -0.2) is 48.0 Å². The maximum absolute atomic E-state index is 10.6. The minimum atomic E-state index is -0.412. The van der Waals surface area contributed by atoms with Gasteiger partial charge in [-0.1, -0.05) is 13.8 Å². The Morgan fingerprint density at radius 1 is 1.35 bits per heavy atom. The molecule has 0 saturated heterocycles. The fourth-order valence-corrected chi connectivity index (χ4v) is 2.17. The van der Waals surface area contributed by atoms with E-state index in [0.29, 0.717) is 12.5 Å². The molecule has 20 heavy (non-hydrogen) atoms.